The molecule has 0 amide bonds. The number of likely N-dealkylation sites (tertiary alicyclic amines) is 1. The molecule has 4 atom stereocenters. The molecule has 1 aliphatic rings. The van der Waals surface area contributed by atoms with E-state index in [4.69, 9.17) is 4.74 Å². The van der Waals surface area contributed by atoms with Crippen LogP contribution in [0.3, 0.4) is 0 Å². The van der Waals surface area contributed by atoms with Crippen LogP contribution >= 0.6 is 0 Å². The molecular weight excluding hydrogens is 372 g/mol. The second-order valence-corrected chi connectivity index (χ2v) is 7.68. The van der Waals surface area contributed by atoms with Gasteiger partial charge in [-0.3, -0.25) is 4.90 Å². The van der Waals surface area contributed by atoms with Gasteiger partial charge in [0, 0.05) is 19.0 Å². The Morgan fingerprint density at radius 2 is 1.86 bits per heavy atom. The summed E-state index contributed by atoms with van der Waals surface area (Å²) in [5, 5.41) is 34.3. The number of rotatable bonds is 6. The predicted octanol–water partition coefficient (Wildman–Crippen LogP) is 1.25. The highest BCUT2D eigenvalue weighted by Crippen LogP contribution is 2.24. The van der Waals surface area contributed by atoms with Gasteiger partial charge in [0.05, 0.1) is 25.0 Å². The molecule has 29 heavy (non-hydrogen) atoms. The van der Waals surface area contributed by atoms with Crippen LogP contribution in [0.2, 0.25) is 0 Å². The fourth-order valence-electron chi connectivity index (χ4n) is 3.58. The molecule has 0 bridgehead atoms. The van der Waals surface area contributed by atoms with Gasteiger partial charge < -0.3 is 20.1 Å². The Balaban J connectivity index is 1.50. The van der Waals surface area contributed by atoms with E-state index in [1.165, 1.54) is 5.56 Å². The summed E-state index contributed by atoms with van der Waals surface area (Å²) in [6, 6.07) is 12.1. The molecule has 1 aliphatic heterocycles. The molecule has 2 aromatic heterocycles. The van der Waals surface area contributed by atoms with E-state index in [-0.39, 0.29) is 24.8 Å². The Hall–Kier alpha value is -2.52. The second-order valence-electron chi connectivity index (χ2n) is 7.68. The van der Waals surface area contributed by atoms with E-state index in [0.29, 0.717) is 18.0 Å². The summed E-state index contributed by atoms with van der Waals surface area (Å²) in [6.45, 7) is 4.90. The van der Waals surface area contributed by atoms with Crippen LogP contribution in [-0.2, 0) is 0 Å². The Morgan fingerprint density at radius 1 is 1.17 bits per heavy atom. The molecule has 0 radical (unpaired) electrons. The zero-order chi connectivity index (χ0) is 20.5. The van der Waals surface area contributed by atoms with Crippen LogP contribution in [0.4, 0.5) is 0 Å². The largest absolute Gasteiger partial charge is 0.491 e. The van der Waals surface area contributed by atoms with E-state index in [1.807, 2.05) is 31.2 Å². The molecule has 154 valence electrons. The number of β-amino-alcohol motifs (C(OH)–C–C–N with tert-alkyl or cyclic N) is 2. The van der Waals surface area contributed by atoms with Crippen molar-refractivity contribution >= 4 is 5.65 Å². The van der Waals surface area contributed by atoms with E-state index in [2.05, 4.69) is 29.1 Å². The van der Waals surface area contributed by atoms with Crippen LogP contribution in [0.1, 0.15) is 36.0 Å². The molecule has 1 fully saturated rings. The highest BCUT2D eigenvalue weighted by Gasteiger charge is 2.35. The molecule has 3 aromatic rings. The number of aliphatic hydroxyl groups is 3. The average Bonchev–Trinajstić information content (AvgIpc) is 3.30. The van der Waals surface area contributed by atoms with Gasteiger partial charge in [-0.2, -0.15) is 0 Å². The van der Waals surface area contributed by atoms with Crippen molar-refractivity contribution in [3.63, 3.8) is 0 Å². The number of pyridine rings is 1. The van der Waals surface area contributed by atoms with Crippen molar-refractivity contribution in [1.29, 1.82) is 0 Å². The van der Waals surface area contributed by atoms with Gasteiger partial charge in [-0.1, -0.05) is 37.3 Å². The molecule has 3 N–H and O–H groups in total. The Labute approximate surface area is 169 Å². The molecule has 0 spiro atoms. The molecule has 0 aliphatic carbocycles. The summed E-state index contributed by atoms with van der Waals surface area (Å²) in [5.74, 6) is 1.15. The molecular formula is C21H26N4O4. The molecule has 4 rings (SSSR count). The van der Waals surface area contributed by atoms with Gasteiger partial charge in [0.2, 0.25) is 0 Å². The Morgan fingerprint density at radius 3 is 2.55 bits per heavy atom. The summed E-state index contributed by atoms with van der Waals surface area (Å²) < 4.78 is 7.58. The second kappa shape index (κ2) is 8.08. The lowest BCUT2D eigenvalue weighted by molar-refractivity contribution is 0.00230. The maximum atomic E-state index is 10.6. The quantitative estimate of drug-likeness (QED) is 0.574. The molecule has 1 aromatic carbocycles. The number of hydrogen-bond acceptors (Lipinski definition) is 7. The van der Waals surface area contributed by atoms with Crippen LogP contribution < -0.4 is 4.74 Å². The average molecular weight is 398 g/mol. The predicted molar refractivity (Wildman–Crippen MR) is 107 cm³/mol. The monoisotopic (exact) mass is 398 g/mol. The highest BCUT2D eigenvalue weighted by atomic mass is 16.5. The molecule has 1 saturated heterocycles. The summed E-state index contributed by atoms with van der Waals surface area (Å²) in [7, 11) is 0. The van der Waals surface area contributed by atoms with Crippen molar-refractivity contribution in [2.45, 2.75) is 38.2 Å². The van der Waals surface area contributed by atoms with Gasteiger partial charge >= 0.3 is 0 Å². The first kappa shape index (κ1) is 19.8. The first-order valence-electron chi connectivity index (χ1n) is 9.75. The third-order valence-electron chi connectivity index (χ3n) is 5.34. The first-order valence-corrected chi connectivity index (χ1v) is 9.75. The van der Waals surface area contributed by atoms with E-state index < -0.39 is 18.4 Å². The summed E-state index contributed by atoms with van der Waals surface area (Å²) >= 11 is 0. The van der Waals surface area contributed by atoms with Crippen molar-refractivity contribution in [2.24, 2.45) is 0 Å². The number of hydrogen-bond donors (Lipinski definition) is 3. The molecule has 1 unspecified atom stereocenters. The third kappa shape index (κ3) is 4.11. The van der Waals surface area contributed by atoms with Crippen LogP contribution in [0.25, 0.3) is 5.65 Å². The van der Waals surface area contributed by atoms with Gasteiger partial charge in [0.25, 0.3) is 0 Å². The minimum atomic E-state index is -1.09. The van der Waals surface area contributed by atoms with Crippen molar-refractivity contribution in [3.05, 3.63) is 59.5 Å². The van der Waals surface area contributed by atoms with Gasteiger partial charge in [-0.25, -0.2) is 9.50 Å². The molecule has 3 heterocycles. The lowest BCUT2D eigenvalue weighted by Crippen LogP contribution is -2.28. The fourth-order valence-corrected chi connectivity index (χ4v) is 3.58. The van der Waals surface area contributed by atoms with E-state index in [0.717, 1.165) is 5.56 Å². The zero-order valence-electron chi connectivity index (χ0n) is 16.5. The fraction of sp³-hybridized carbons (Fsp3) is 0.429. The molecule has 0 saturated carbocycles. The first-order chi connectivity index (χ1) is 13.9. The minimum Gasteiger partial charge on any atom is -0.491 e. The SMILES string of the molecule is Cc1cc(OC[C@H](C)c2ccccc2)cn2nc(C(O)N3C[C@@H](O)[C@@H](O)C3)nc12. The van der Waals surface area contributed by atoms with Crippen molar-refractivity contribution < 1.29 is 20.1 Å². The maximum absolute atomic E-state index is 10.6. The normalized spacial score (nSPS) is 22.1. The van der Waals surface area contributed by atoms with Gasteiger partial charge in [0.1, 0.15) is 5.75 Å². The van der Waals surface area contributed by atoms with Gasteiger partial charge in [-0.15, -0.1) is 5.10 Å². The van der Waals surface area contributed by atoms with Crippen LogP contribution in [-0.4, -0.2) is 66.7 Å². The van der Waals surface area contributed by atoms with Crippen LogP contribution in [0, 0.1) is 6.92 Å². The Bertz CT molecular complexity index is 967. The van der Waals surface area contributed by atoms with Gasteiger partial charge in [0.15, 0.2) is 17.7 Å². The van der Waals surface area contributed by atoms with E-state index >= 15 is 0 Å². The summed E-state index contributed by atoms with van der Waals surface area (Å²) in [4.78, 5) is 5.99. The van der Waals surface area contributed by atoms with Crippen molar-refractivity contribution in [2.75, 3.05) is 19.7 Å². The smallest absolute Gasteiger partial charge is 0.195 e. The number of ether oxygens (including phenoxy) is 1. The Kier molecular flexibility index (Phi) is 5.51. The summed E-state index contributed by atoms with van der Waals surface area (Å²) in [6.07, 6.45) is -1.11. The van der Waals surface area contributed by atoms with Crippen molar-refractivity contribution in [3.8, 4) is 5.75 Å². The number of benzene rings is 1. The zero-order valence-corrected chi connectivity index (χ0v) is 16.5. The summed E-state index contributed by atoms with van der Waals surface area (Å²) in [5.41, 5.74) is 2.72. The van der Waals surface area contributed by atoms with Crippen molar-refractivity contribution in [1.82, 2.24) is 19.5 Å². The van der Waals surface area contributed by atoms with Gasteiger partial charge in [-0.05, 0) is 24.1 Å². The number of fused-ring (bicyclic) bond motifs is 1. The standard InChI is InChI=1S/C21H26N4O4/c1-13-8-16(29-12-14(2)15-6-4-3-5-7-15)9-25-20(13)22-19(23-25)21(28)24-10-17(26)18(27)11-24/h3-9,14,17-18,21,26-28H,10-12H2,1-2H3/t14-,17-,18+,21?/m0/s1. The van der Waals surface area contributed by atoms with Crippen LogP contribution in [0.5, 0.6) is 5.75 Å². The minimum absolute atomic E-state index is 0.169. The number of aryl methyl sites for hydroxylation is 1. The molecule has 8 heteroatoms. The third-order valence-corrected chi connectivity index (χ3v) is 5.34. The topological polar surface area (TPSA) is 103 Å². The lowest BCUT2D eigenvalue weighted by Gasteiger charge is -2.19. The number of aromatic nitrogens is 3. The van der Waals surface area contributed by atoms with E-state index in [1.54, 1.807) is 15.6 Å². The number of nitrogens with zero attached hydrogens (tertiary/aromatic N) is 4. The molecule has 8 nitrogen and oxygen atoms in total. The lowest BCUT2D eigenvalue weighted by atomic mass is 10.0. The van der Waals surface area contributed by atoms with Crippen LogP contribution in [0.15, 0.2) is 42.6 Å². The maximum Gasteiger partial charge on any atom is 0.195 e. The highest BCUT2D eigenvalue weighted by molar-refractivity contribution is 5.49. The number of aliphatic hydroxyl groups excluding tert-OH is 3. The van der Waals surface area contributed by atoms with E-state index in [9.17, 15) is 15.3 Å².